The van der Waals surface area contributed by atoms with E-state index in [1.54, 1.807) is 0 Å². The van der Waals surface area contributed by atoms with Gasteiger partial charge in [0.15, 0.2) is 6.10 Å². The summed E-state index contributed by atoms with van der Waals surface area (Å²) in [5, 5.41) is 0. The van der Waals surface area contributed by atoms with Crippen molar-refractivity contribution in [3.63, 3.8) is 0 Å². The maximum atomic E-state index is 12.9. The van der Waals surface area contributed by atoms with Crippen LogP contribution in [0.4, 0.5) is 0 Å². The number of esters is 3. The number of carbonyl (C=O) groups excluding carboxylic acids is 3. The van der Waals surface area contributed by atoms with Crippen molar-refractivity contribution >= 4 is 17.9 Å². The first-order valence-electron chi connectivity index (χ1n) is 34.4. The third-order valence-corrected chi connectivity index (χ3v) is 15.2. The van der Waals surface area contributed by atoms with Gasteiger partial charge in [0.05, 0.1) is 0 Å². The molecule has 0 saturated heterocycles. The fourth-order valence-corrected chi connectivity index (χ4v) is 10.1. The predicted octanol–water partition coefficient (Wildman–Crippen LogP) is 23.7. The summed E-state index contributed by atoms with van der Waals surface area (Å²) >= 11 is 0. The Bertz CT molecular complexity index is 1450. The van der Waals surface area contributed by atoms with Crippen LogP contribution in [0.15, 0.2) is 72.9 Å². The topological polar surface area (TPSA) is 78.9 Å². The lowest BCUT2D eigenvalue weighted by Gasteiger charge is -2.18. The van der Waals surface area contributed by atoms with Gasteiger partial charge in [-0.15, -0.1) is 0 Å². The number of rotatable bonds is 63. The smallest absolute Gasteiger partial charge is 0.306 e. The molecule has 0 heterocycles. The van der Waals surface area contributed by atoms with Crippen LogP contribution in [0.5, 0.6) is 0 Å². The molecule has 0 aliphatic rings. The van der Waals surface area contributed by atoms with Gasteiger partial charge >= 0.3 is 17.9 Å². The largest absolute Gasteiger partial charge is 0.462 e. The highest BCUT2D eigenvalue weighted by atomic mass is 16.6. The zero-order valence-electron chi connectivity index (χ0n) is 52.6. The van der Waals surface area contributed by atoms with E-state index < -0.39 is 6.10 Å². The Kier molecular flexibility index (Phi) is 64.7. The van der Waals surface area contributed by atoms with Crippen LogP contribution < -0.4 is 0 Å². The van der Waals surface area contributed by atoms with Crippen LogP contribution in [0.3, 0.4) is 0 Å². The fourth-order valence-electron chi connectivity index (χ4n) is 10.1. The molecule has 0 fully saturated rings. The third kappa shape index (κ3) is 65.5. The van der Waals surface area contributed by atoms with Crippen LogP contribution in [0.25, 0.3) is 0 Å². The Balaban J connectivity index is 4.19. The number of ether oxygens (including phenoxy) is 3. The van der Waals surface area contributed by atoms with Gasteiger partial charge in [-0.1, -0.05) is 338 Å². The van der Waals surface area contributed by atoms with E-state index in [4.69, 9.17) is 14.2 Å². The summed E-state index contributed by atoms with van der Waals surface area (Å²) in [6, 6.07) is 0. The molecule has 0 saturated carbocycles. The molecule has 6 nitrogen and oxygen atoms in total. The fraction of sp³-hybridized carbons (Fsp3) is 0.795. The quantitative estimate of drug-likeness (QED) is 0.0261. The molecular weight excluding hydrogens is 973 g/mol. The summed E-state index contributed by atoms with van der Waals surface area (Å²) in [5.41, 5.74) is 0. The summed E-state index contributed by atoms with van der Waals surface area (Å²) in [6.45, 7) is 6.56. The van der Waals surface area contributed by atoms with Crippen molar-refractivity contribution in [3.8, 4) is 0 Å². The minimum atomic E-state index is -0.774. The molecule has 0 spiro atoms. The average Bonchev–Trinajstić information content (AvgIpc) is 3.45. The standard InChI is InChI=1S/C73H130O6/c1-4-7-10-13-16-19-22-24-26-28-30-32-34-35-36-37-38-39-40-42-43-45-47-49-51-54-57-60-63-66-72(75)78-69-70(68-77-71(74)65-62-59-56-53-21-18-15-12-9-6-3)79-73(76)67-64-61-58-55-52-50-48-46-44-41-33-31-29-27-25-23-20-17-14-11-8-5-2/h7,10,16,19,24,26,30,32,35-36,38-39,70H,4-6,8-9,11-15,17-18,20-23,25,27-29,31,33-34,37,40-69H2,1-3H3/b10-7-,19-16-,26-24-,32-30-,36-35-,39-38-. The van der Waals surface area contributed by atoms with E-state index in [0.717, 1.165) is 96.3 Å². The predicted molar refractivity (Wildman–Crippen MR) is 344 cm³/mol. The van der Waals surface area contributed by atoms with Crippen molar-refractivity contribution in [2.75, 3.05) is 13.2 Å². The molecule has 0 aromatic heterocycles. The lowest BCUT2D eigenvalue weighted by atomic mass is 10.0. The number of unbranched alkanes of at least 4 members (excludes halogenated alkanes) is 40. The van der Waals surface area contributed by atoms with Crippen molar-refractivity contribution < 1.29 is 28.6 Å². The van der Waals surface area contributed by atoms with Crippen LogP contribution in [0.2, 0.25) is 0 Å². The second-order valence-electron chi connectivity index (χ2n) is 23.1. The summed E-state index contributed by atoms with van der Waals surface area (Å²) < 4.78 is 16.9. The van der Waals surface area contributed by atoms with Gasteiger partial charge in [-0.2, -0.15) is 0 Å². The molecule has 1 unspecified atom stereocenters. The van der Waals surface area contributed by atoms with Gasteiger partial charge in [-0.3, -0.25) is 14.4 Å². The minimum absolute atomic E-state index is 0.0710. The van der Waals surface area contributed by atoms with E-state index in [1.165, 1.54) is 218 Å². The molecule has 458 valence electrons. The summed E-state index contributed by atoms with van der Waals surface area (Å²) in [7, 11) is 0. The van der Waals surface area contributed by atoms with Gasteiger partial charge in [-0.05, 0) is 70.6 Å². The second-order valence-corrected chi connectivity index (χ2v) is 23.1. The highest BCUT2D eigenvalue weighted by molar-refractivity contribution is 5.71. The van der Waals surface area contributed by atoms with Crippen molar-refractivity contribution in [1.82, 2.24) is 0 Å². The minimum Gasteiger partial charge on any atom is -0.462 e. The highest BCUT2D eigenvalue weighted by Gasteiger charge is 2.19. The molecule has 79 heavy (non-hydrogen) atoms. The molecule has 0 N–H and O–H groups in total. The van der Waals surface area contributed by atoms with Crippen LogP contribution in [0.1, 0.15) is 355 Å². The summed E-state index contributed by atoms with van der Waals surface area (Å²) in [5.74, 6) is -0.856. The summed E-state index contributed by atoms with van der Waals surface area (Å²) in [4.78, 5) is 38.3. The lowest BCUT2D eigenvalue weighted by molar-refractivity contribution is -0.167. The van der Waals surface area contributed by atoms with E-state index in [0.29, 0.717) is 19.3 Å². The molecule has 0 aromatic rings. The normalized spacial score (nSPS) is 12.5. The van der Waals surface area contributed by atoms with Gasteiger partial charge in [0.2, 0.25) is 0 Å². The van der Waals surface area contributed by atoms with Crippen LogP contribution >= 0.6 is 0 Å². The maximum Gasteiger partial charge on any atom is 0.306 e. The van der Waals surface area contributed by atoms with Crippen molar-refractivity contribution in [1.29, 1.82) is 0 Å². The zero-order chi connectivity index (χ0) is 57.1. The summed E-state index contributed by atoms with van der Waals surface area (Å²) in [6.07, 6.45) is 87.9. The van der Waals surface area contributed by atoms with Crippen LogP contribution in [-0.2, 0) is 28.6 Å². The molecule has 0 aliphatic carbocycles. The number of hydrogen-bond donors (Lipinski definition) is 0. The van der Waals surface area contributed by atoms with Gasteiger partial charge in [-0.25, -0.2) is 0 Å². The van der Waals surface area contributed by atoms with E-state index in [1.807, 2.05) is 0 Å². The van der Waals surface area contributed by atoms with Crippen LogP contribution in [0, 0.1) is 0 Å². The average molecular weight is 1100 g/mol. The monoisotopic (exact) mass is 1100 g/mol. The molecule has 0 radical (unpaired) electrons. The van der Waals surface area contributed by atoms with Gasteiger partial charge in [0.1, 0.15) is 13.2 Å². The number of carbonyl (C=O) groups is 3. The molecule has 0 amide bonds. The Morgan fingerprint density at radius 2 is 0.494 bits per heavy atom. The Morgan fingerprint density at radius 3 is 0.772 bits per heavy atom. The van der Waals surface area contributed by atoms with E-state index >= 15 is 0 Å². The maximum absolute atomic E-state index is 12.9. The zero-order valence-corrected chi connectivity index (χ0v) is 52.6. The first-order valence-corrected chi connectivity index (χ1v) is 34.4. The van der Waals surface area contributed by atoms with E-state index in [-0.39, 0.29) is 31.1 Å². The second kappa shape index (κ2) is 67.4. The Hall–Kier alpha value is -3.15. The number of hydrogen-bond acceptors (Lipinski definition) is 6. The molecule has 0 bridgehead atoms. The molecule has 0 rings (SSSR count). The molecular formula is C73H130O6. The Morgan fingerprint density at radius 1 is 0.266 bits per heavy atom. The van der Waals surface area contributed by atoms with Gasteiger partial charge in [0.25, 0.3) is 0 Å². The lowest BCUT2D eigenvalue weighted by Crippen LogP contribution is -2.30. The molecule has 0 aromatic carbocycles. The van der Waals surface area contributed by atoms with Crippen molar-refractivity contribution in [2.45, 2.75) is 361 Å². The van der Waals surface area contributed by atoms with Crippen molar-refractivity contribution in [3.05, 3.63) is 72.9 Å². The number of allylic oxidation sites excluding steroid dienone is 12. The Labute approximate surface area is 491 Å². The van der Waals surface area contributed by atoms with Gasteiger partial charge < -0.3 is 14.2 Å². The molecule has 0 aliphatic heterocycles. The van der Waals surface area contributed by atoms with Crippen LogP contribution in [-0.4, -0.2) is 37.2 Å². The van der Waals surface area contributed by atoms with Gasteiger partial charge in [0, 0.05) is 19.3 Å². The van der Waals surface area contributed by atoms with Crippen molar-refractivity contribution in [2.24, 2.45) is 0 Å². The van der Waals surface area contributed by atoms with E-state index in [9.17, 15) is 14.4 Å². The first-order chi connectivity index (χ1) is 39.0. The molecule has 6 heteroatoms. The third-order valence-electron chi connectivity index (χ3n) is 15.2. The highest BCUT2D eigenvalue weighted by Crippen LogP contribution is 2.18. The SMILES string of the molecule is CC/C=C\C/C=C\C/C=C\C/C=C\C/C=C\C/C=C\CCCCCCCCCCCCC(=O)OCC(COC(=O)CCCCCCCCCCCC)OC(=O)CCCCCCCCCCCCCCCCCCCCCCCC. The molecule has 1 atom stereocenters. The first kappa shape index (κ1) is 75.8. The van der Waals surface area contributed by atoms with E-state index in [2.05, 4.69) is 93.7 Å².